The molecule has 21 heavy (non-hydrogen) atoms. The first-order valence-corrected chi connectivity index (χ1v) is 6.28. The lowest BCUT2D eigenvalue weighted by molar-refractivity contribution is -0.128. The number of rotatable bonds is 3. The molecule has 3 amide bonds. The number of likely N-dealkylation sites (tertiary alicyclic amines) is 1. The largest absolute Gasteiger partial charge is 0.505 e. The first-order chi connectivity index (χ1) is 9.90. The second-order valence-electron chi connectivity index (χ2n) is 4.71. The van der Waals surface area contributed by atoms with Crippen LogP contribution in [0.25, 0.3) is 0 Å². The fourth-order valence-electron chi connectivity index (χ4n) is 2.09. The highest BCUT2D eigenvalue weighted by molar-refractivity contribution is 5.98. The van der Waals surface area contributed by atoms with E-state index in [1.165, 1.54) is 23.1 Å². The Bertz CT molecular complexity index is 601. The van der Waals surface area contributed by atoms with Crippen molar-refractivity contribution in [1.29, 1.82) is 0 Å². The molecule has 8 heteroatoms. The number of carboxylic acids is 1. The topological polar surface area (TPSA) is 119 Å². The highest BCUT2D eigenvalue weighted by atomic mass is 16.4. The van der Waals surface area contributed by atoms with Crippen LogP contribution < -0.4 is 10.6 Å². The van der Waals surface area contributed by atoms with Gasteiger partial charge in [0.1, 0.15) is 11.6 Å². The van der Waals surface area contributed by atoms with Gasteiger partial charge in [0.15, 0.2) is 5.75 Å². The van der Waals surface area contributed by atoms with Gasteiger partial charge in [-0.2, -0.15) is 0 Å². The summed E-state index contributed by atoms with van der Waals surface area (Å²) >= 11 is 0. The number of urea groups is 1. The lowest BCUT2D eigenvalue weighted by Crippen LogP contribution is -2.42. The Morgan fingerprint density at radius 2 is 2.10 bits per heavy atom. The molecular formula is C13H15N3O5. The molecule has 1 aliphatic heterocycles. The van der Waals surface area contributed by atoms with E-state index >= 15 is 0 Å². The van der Waals surface area contributed by atoms with E-state index in [2.05, 4.69) is 10.6 Å². The lowest BCUT2D eigenvalue weighted by Gasteiger charge is -2.14. The quantitative estimate of drug-likeness (QED) is 0.603. The van der Waals surface area contributed by atoms with Gasteiger partial charge >= 0.3 is 12.0 Å². The number of para-hydroxylation sites is 1. The summed E-state index contributed by atoms with van der Waals surface area (Å²) in [5.41, 5.74) is -0.351. The first-order valence-electron chi connectivity index (χ1n) is 6.28. The predicted molar refractivity (Wildman–Crippen MR) is 73.3 cm³/mol. The van der Waals surface area contributed by atoms with Crippen molar-refractivity contribution in [2.24, 2.45) is 0 Å². The van der Waals surface area contributed by atoms with Gasteiger partial charge in [0.05, 0.1) is 5.69 Å². The number of nitrogens with zero attached hydrogens (tertiary/aromatic N) is 1. The average molecular weight is 293 g/mol. The minimum Gasteiger partial charge on any atom is -0.505 e. The van der Waals surface area contributed by atoms with E-state index in [4.69, 9.17) is 5.11 Å². The summed E-state index contributed by atoms with van der Waals surface area (Å²) in [4.78, 5) is 35.8. The van der Waals surface area contributed by atoms with Crippen molar-refractivity contribution in [2.75, 3.05) is 18.9 Å². The van der Waals surface area contributed by atoms with Crippen LogP contribution >= 0.6 is 0 Å². The number of hydrogen-bond acceptors (Lipinski definition) is 4. The van der Waals surface area contributed by atoms with Crippen LogP contribution in [0.4, 0.5) is 10.5 Å². The summed E-state index contributed by atoms with van der Waals surface area (Å²) in [5.74, 6) is -2.02. The standard InChI is InChI=1S/C13H15N3O5/c1-16-6-5-9(11(16)18)15-13(21)14-8-4-2-3-7(10(8)17)12(19)20/h2-4,9,17H,5-6H2,1H3,(H,19,20)(H2,14,15,21). The number of aromatic carboxylic acids is 1. The molecule has 0 bridgehead atoms. The summed E-state index contributed by atoms with van der Waals surface area (Å²) in [6.07, 6.45) is 0.504. The Labute approximate surface area is 120 Å². The zero-order valence-corrected chi connectivity index (χ0v) is 11.3. The molecule has 0 spiro atoms. The smallest absolute Gasteiger partial charge is 0.339 e. The number of aromatic hydroxyl groups is 1. The molecule has 0 aromatic heterocycles. The second kappa shape index (κ2) is 5.70. The summed E-state index contributed by atoms with van der Waals surface area (Å²) in [7, 11) is 1.64. The van der Waals surface area contributed by atoms with Gasteiger partial charge in [-0.15, -0.1) is 0 Å². The van der Waals surface area contributed by atoms with Gasteiger partial charge in [0.2, 0.25) is 5.91 Å². The minimum atomic E-state index is -1.30. The van der Waals surface area contributed by atoms with Gasteiger partial charge in [-0.05, 0) is 18.6 Å². The second-order valence-corrected chi connectivity index (χ2v) is 4.71. The SMILES string of the molecule is CN1CCC(NC(=O)Nc2cccc(C(=O)O)c2O)C1=O. The maximum atomic E-state index is 11.8. The zero-order valence-electron chi connectivity index (χ0n) is 11.3. The Balaban J connectivity index is 2.05. The third-order valence-corrected chi connectivity index (χ3v) is 3.25. The van der Waals surface area contributed by atoms with E-state index in [-0.39, 0.29) is 17.2 Å². The normalized spacial score (nSPS) is 17.7. The predicted octanol–water partition coefficient (Wildman–Crippen LogP) is 0.443. The third-order valence-electron chi connectivity index (χ3n) is 3.25. The van der Waals surface area contributed by atoms with Crippen LogP contribution in [0.2, 0.25) is 0 Å². The molecule has 0 aliphatic carbocycles. The van der Waals surface area contributed by atoms with E-state index in [0.717, 1.165) is 0 Å². The minimum absolute atomic E-state index is 0.0359. The van der Waals surface area contributed by atoms with Crippen molar-refractivity contribution in [2.45, 2.75) is 12.5 Å². The molecule has 0 saturated carbocycles. The number of carboxylic acid groups (broad SMARTS) is 1. The number of anilines is 1. The summed E-state index contributed by atoms with van der Waals surface area (Å²) in [6, 6.07) is 2.69. The molecule has 8 nitrogen and oxygen atoms in total. The van der Waals surface area contributed by atoms with Crippen molar-refractivity contribution in [3.8, 4) is 5.75 Å². The van der Waals surface area contributed by atoms with Crippen LogP contribution in [-0.2, 0) is 4.79 Å². The van der Waals surface area contributed by atoms with Gasteiger partial charge in [0.25, 0.3) is 0 Å². The Morgan fingerprint density at radius 1 is 1.38 bits per heavy atom. The van der Waals surface area contributed by atoms with Crippen molar-refractivity contribution < 1.29 is 24.6 Å². The molecule has 1 fully saturated rings. The molecule has 1 aromatic rings. The molecule has 1 aromatic carbocycles. The van der Waals surface area contributed by atoms with Crippen molar-refractivity contribution in [3.05, 3.63) is 23.8 Å². The molecule has 2 rings (SSSR count). The summed E-state index contributed by atoms with van der Waals surface area (Å²) < 4.78 is 0. The highest BCUT2D eigenvalue weighted by Crippen LogP contribution is 2.27. The number of likely N-dealkylation sites (N-methyl/N-ethyl adjacent to an activating group) is 1. The molecule has 0 radical (unpaired) electrons. The third kappa shape index (κ3) is 3.04. The van der Waals surface area contributed by atoms with Gasteiger partial charge in [-0.1, -0.05) is 6.07 Å². The number of phenols is 1. The maximum Gasteiger partial charge on any atom is 0.339 e. The van der Waals surface area contributed by atoms with Crippen LogP contribution in [0.15, 0.2) is 18.2 Å². The van der Waals surface area contributed by atoms with Crippen molar-refractivity contribution in [1.82, 2.24) is 10.2 Å². The molecule has 1 saturated heterocycles. The highest BCUT2D eigenvalue weighted by Gasteiger charge is 2.30. The molecule has 112 valence electrons. The Kier molecular flexibility index (Phi) is 3.97. The van der Waals surface area contributed by atoms with E-state index in [0.29, 0.717) is 13.0 Å². The van der Waals surface area contributed by atoms with Crippen molar-refractivity contribution >= 4 is 23.6 Å². The van der Waals surface area contributed by atoms with Gasteiger partial charge in [-0.25, -0.2) is 9.59 Å². The van der Waals surface area contributed by atoms with Crippen molar-refractivity contribution in [3.63, 3.8) is 0 Å². The van der Waals surface area contributed by atoms with E-state index in [9.17, 15) is 19.5 Å². The van der Waals surface area contributed by atoms with E-state index in [1.54, 1.807) is 7.05 Å². The first kappa shape index (κ1) is 14.6. The molecule has 1 atom stereocenters. The lowest BCUT2D eigenvalue weighted by atomic mass is 10.1. The number of carbonyl (C=O) groups excluding carboxylic acids is 2. The van der Waals surface area contributed by atoms with Gasteiger partial charge in [0, 0.05) is 13.6 Å². The van der Waals surface area contributed by atoms with Crippen LogP contribution in [-0.4, -0.2) is 52.7 Å². The number of benzene rings is 1. The number of hydrogen-bond donors (Lipinski definition) is 4. The molecule has 1 unspecified atom stereocenters. The Morgan fingerprint density at radius 3 is 2.67 bits per heavy atom. The number of carbonyl (C=O) groups is 3. The van der Waals surface area contributed by atoms with Gasteiger partial charge in [-0.3, -0.25) is 4.79 Å². The van der Waals surface area contributed by atoms with Gasteiger partial charge < -0.3 is 25.7 Å². The fourth-order valence-corrected chi connectivity index (χ4v) is 2.09. The number of nitrogens with one attached hydrogen (secondary N) is 2. The van der Waals surface area contributed by atoms with Crippen LogP contribution in [0.3, 0.4) is 0 Å². The molecule has 4 N–H and O–H groups in total. The summed E-state index contributed by atoms with van der Waals surface area (Å²) in [6.45, 7) is 0.559. The fraction of sp³-hybridized carbons (Fsp3) is 0.308. The maximum absolute atomic E-state index is 11.8. The average Bonchev–Trinajstić information content (AvgIpc) is 2.73. The summed E-state index contributed by atoms with van der Waals surface area (Å²) in [5, 5.41) is 23.5. The van der Waals surface area contributed by atoms with E-state index in [1.807, 2.05) is 0 Å². The van der Waals surface area contributed by atoms with Crippen LogP contribution in [0, 0.1) is 0 Å². The molecule has 1 aliphatic rings. The Hall–Kier alpha value is -2.77. The molecule has 1 heterocycles. The van der Waals surface area contributed by atoms with Crippen LogP contribution in [0.1, 0.15) is 16.8 Å². The number of amides is 3. The van der Waals surface area contributed by atoms with Crippen LogP contribution in [0.5, 0.6) is 5.75 Å². The monoisotopic (exact) mass is 293 g/mol. The molecular weight excluding hydrogens is 278 g/mol. The zero-order chi connectivity index (χ0) is 15.6. The van der Waals surface area contributed by atoms with E-state index < -0.39 is 23.8 Å².